The van der Waals surface area contributed by atoms with Crippen LogP contribution in [-0.4, -0.2) is 234 Å². The Labute approximate surface area is 809 Å². The second kappa shape index (κ2) is 39.2. The summed E-state index contributed by atoms with van der Waals surface area (Å²) in [6.45, 7) is 18.6. The molecular weight excluding hydrogens is 1920 g/mol. The number of aromatic nitrogens is 16. The number of halogens is 3. The standard InChI is InChI=1S/C99H99Br3N24O10/c1-14-73-64(45-120-27-25-61(44-120)30-80(129)89-69-35-72(68-41-107-60(12)108-42-68)109-43-78(69)121(118-89)46-85(130)125-74(15-2)65(49-136-13)34-76(125)97(134)115-94-52(4)17-22-83(101)112-94)33-75(96(133)114-93-51(3)16-21-82(100)111-93)124(73)86(131)47-123-92-55(7)29-63(67-39-105-59(11)106-40-67)32-71(92)90(119-123)79(128)20-19-56(8)110-50-99-26-24-81(99)126(77(36-99)98(135)116-95-53(5)18-23-84(102)113-95)87(132)48-122-91-54(6)28-62(66-37-103-58(10)104-38-66)31-70(91)88(117-122)57(9)127/h1-2,16-18,21-24,26,28-29,31-32,35,37-43,56,61,64-65,73-77,81,110H,19-20,25,27,30,33-34,36,44-50H2,3-13H3,(H,111,114,133)(H,112,115,134)(H,113,116,135)/t56?,61?,64-,65-,73-,74-,75+,76+,77+,81-,99-/m1/s1. The first-order valence-electron chi connectivity index (χ1n) is 44.9. The summed E-state index contributed by atoms with van der Waals surface area (Å²) in [5.74, 6) is 3.36. The summed E-state index contributed by atoms with van der Waals surface area (Å²) >= 11 is 10.3. The van der Waals surface area contributed by atoms with Crippen molar-refractivity contribution in [3.63, 3.8) is 0 Å². The second-order valence-corrected chi connectivity index (χ2v) is 38.5. The van der Waals surface area contributed by atoms with Crippen LogP contribution in [0.5, 0.6) is 0 Å². The maximum Gasteiger partial charge on any atom is 0.248 e. The topological polar surface area (TPSA) is 406 Å². The van der Waals surface area contributed by atoms with Crippen LogP contribution < -0.4 is 21.3 Å². The van der Waals surface area contributed by atoms with E-state index < -0.39 is 102 Å². The number of benzene rings is 2. The Balaban J connectivity index is 0.612. The van der Waals surface area contributed by atoms with Crippen LogP contribution in [0.4, 0.5) is 17.5 Å². The third kappa shape index (κ3) is 19.1. The number of rotatable bonds is 30. The van der Waals surface area contributed by atoms with Gasteiger partial charge in [-0.05, 0) is 242 Å². The van der Waals surface area contributed by atoms with Crippen molar-refractivity contribution >= 4 is 151 Å². The largest absolute Gasteiger partial charge is 0.384 e. The van der Waals surface area contributed by atoms with Crippen molar-refractivity contribution in [1.82, 2.24) is 104 Å². The fourth-order valence-electron chi connectivity index (χ4n) is 19.7. The molecule has 0 bridgehead atoms. The van der Waals surface area contributed by atoms with Crippen LogP contribution in [0, 0.1) is 103 Å². The number of anilines is 3. The Morgan fingerprint density at radius 1 is 0.529 bits per heavy atom. The number of nitrogens with one attached hydrogen (secondary N) is 4. The number of fused-ring (bicyclic) bond motifs is 4. The van der Waals surface area contributed by atoms with Gasteiger partial charge >= 0.3 is 0 Å². The van der Waals surface area contributed by atoms with Gasteiger partial charge in [0.25, 0.3) is 0 Å². The number of amides is 6. The number of carbonyl (C=O) groups is 9. The van der Waals surface area contributed by atoms with Crippen molar-refractivity contribution in [2.24, 2.45) is 23.2 Å². The molecule has 0 saturated carbocycles. The third-order valence-electron chi connectivity index (χ3n) is 26.7. The highest BCUT2D eigenvalue weighted by Gasteiger charge is 2.58. The van der Waals surface area contributed by atoms with Crippen LogP contribution in [-0.2, 0) is 53.1 Å². The minimum Gasteiger partial charge on any atom is -0.384 e. The van der Waals surface area contributed by atoms with Gasteiger partial charge in [-0.3, -0.25) is 62.2 Å². The summed E-state index contributed by atoms with van der Waals surface area (Å²) in [5, 5.41) is 28.8. The number of methoxy groups -OCH3 is 1. The zero-order valence-electron chi connectivity index (χ0n) is 76.7. The van der Waals surface area contributed by atoms with E-state index in [4.69, 9.17) is 37.9 Å². The van der Waals surface area contributed by atoms with Crippen LogP contribution in [0.3, 0.4) is 0 Å². The second-order valence-electron chi connectivity index (χ2n) is 36.1. The average Bonchev–Trinajstić information content (AvgIpc) is 1.56. The van der Waals surface area contributed by atoms with E-state index >= 15 is 28.8 Å². The maximum absolute atomic E-state index is 15.9. The summed E-state index contributed by atoms with van der Waals surface area (Å²) in [4.78, 5) is 186. The first kappa shape index (κ1) is 94.5. The molecule has 34 nitrogen and oxygen atoms in total. The lowest BCUT2D eigenvalue weighted by molar-refractivity contribution is -0.139. The quantitative estimate of drug-likeness (QED) is 0.0141. The average molecular weight is 2020 g/mol. The Bertz CT molecular complexity index is 6970. The minimum atomic E-state index is -1.13. The van der Waals surface area contributed by atoms with Crippen molar-refractivity contribution in [2.75, 3.05) is 55.8 Å². The van der Waals surface area contributed by atoms with E-state index in [-0.39, 0.29) is 97.5 Å². The van der Waals surface area contributed by atoms with Crippen molar-refractivity contribution in [1.29, 1.82) is 0 Å². The first-order chi connectivity index (χ1) is 65.2. The number of ketones is 3. The lowest BCUT2D eigenvalue weighted by Gasteiger charge is -2.41. The van der Waals surface area contributed by atoms with Crippen molar-refractivity contribution < 1.29 is 47.9 Å². The van der Waals surface area contributed by atoms with Crippen LogP contribution in [0.1, 0.15) is 136 Å². The van der Waals surface area contributed by atoms with Gasteiger partial charge in [-0.25, -0.2) is 44.9 Å². The van der Waals surface area contributed by atoms with Crippen molar-refractivity contribution in [2.45, 2.75) is 176 Å². The Morgan fingerprint density at radius 3 is 1.49 bits per heavy atom. The van der Waals surface area contributed by atoms with E-state index in [2.05, 4.69) is 131 Å². The molecule has 136 heavy (non-hydrogen) atoms. The molecule has 0 radical (unpaired) electrons. The van der Waals surface area contributed by atoms with E-state index in [0.717, 1.165) is 16.7 Å². The molecule has 11 atom stereocenters. The molecule has 17 rings (SSSR count). The summed E-state index contributed by atoms with van der Waals surface area (Å²) in [7, 11) is 1.53. The minimum absolute atomic E-state index is 0.0100. The molecule has 12 aromatic rings. The number of terminal acetylenes is 2. The lowest BCUT2D eigenvalue weighted by Crippen LogP contribution is -2.53. The van der Waals surface area contributed by atoms with Crippen LogP contribution in [0.2, 0.25) is 0 Å². The van der Waals surface area contributed by atoms with Gasteiger partial charge in [0.15, 0.2) is 17.3 Å². The molecular formula is C99H99Br3N24O10. The Hall–Kier alpha value is -13.3. The van der Waals surface area contributed by atoms with Gasteiger partial charge in [0, 0.05) is 140 Å². The molecule has 4 N–H and O–H groups in total. The molecule has 4 fully saturated rings. The highest BCUT2D eigenvalue weighted by Crippen LogP contribution is 2.50. The van der Waals surface area contributed by atoms with Gasteiger partial charge in [0.2, 0.25) is 35.4 Å². The van der Waals surface area contributed by atoms with E-state index in [1.54, 1.807) is 110 Å². The molecule has 2 aromatic carbocycles. The maximum atomic E-state index is 15.9. The van der Waals surface area contributed by atoms with Gasteiger partial charge in [0.05, 0.1) is 53.2 Å². The predicted molar refractivity (Wildman–Crippen MR) is 519 cm³/mol. The summed E-state index contributed by atoms with van der Waals surface area (Å²) < 4.78 is 11.5. The van der Waals surface area contributed by atoms with Crippen LogP contribution in [0.25, 0.3) is 66.2 Å². The number of nitrogens with zero attached hydrogens (tertiary/aromatic N) is 20. The zero-order chi connectivity index (χ0) is 96.1. The highest BCUT2D eigenvalue weighted by atomic mass is 79.9. The fraction of sp³-hybridized carbons (Fsp3) is 0.374. The summed E-state index contributed by atoms with van der Waals surface area (Å²) in [6.07, 6.45) is 29.9. The van der Waals surface area contributed by atoms with Crippen LogP contribution in [0.15, 0.2) is 136 Å². The van der Waals surface area contributed by atoms with Crippen molar-refractivity contribution in [3.05, 3.63) is 198 Å². The van der Waals surface area contributed by atoms with Gasteiger partial charge in [0.1, 0.15) is 104 Å². The molecule has 696 valence electrons. The molecule has 2 unspecified atom stereocenters. The summed E-state index contributed by atoms with van der Waals surface area (Å²) in [5.41, 5.74) is 8.53. The number of pyridine rings is 4. The highest BCUT2D eigenvalue weighted by molar-refractivity contribution is 9.11. The van der Waals surface area contributed by atoms with Gasteiger partial charge < -0.3 is 45.6 Å². The fourth-order valence-corrected chi connectivity index (χ4v) is 20.6. The Morgan fingerprint density at radius 2 is 0.993 bits per heavy atom. The molecule has 4 saturated heterocycles. The molecule has 1 aliphatic carbocycles. The van der Waals surface area contributed by atoms with Gasteiger partial charge in [-0.2, -0.15) is 15.3 Å². The van der Waals surface area contributed by atoms with Gasteiger partial charge in [-0.15, -0.1) is 12.8 Å². The molecule has 5 aliphatic rings. The lowest BCUT2D eigenvalue weighted by atomic mass is 9.71. The molecule has 37 heteroatoms. The number of carbonyl (C=O) groups excluding carboxylic acids is 9. The number of likely N-dealkylation sites (tertiary alicyclic amines) is 4. The smallest absolute Gasteiger partial charge is 0.248 e. The number of ether oxygens (including phenoxy) is 1. The predicted octanol–water partition coefficient (Wildman–Crippen LogP) is 12.4. The molecule has 6 amide bonds. The van der Waals surface area contributed by atoms with E-state index in [1.807, 2.05) is 84.0 Å². The third-order valence-corrected chi connectivity index (χ3v) is 28.0. The monoisotopic (exact) mass is 2020 g/mol. The SMILES string of the molecule is C#C[C@@H]1[C@@H](CN2CCC(CC(=O)c3nn(CC(=O)N4[C@H](C#C)[C@@H](COC)C[C@H]4C(=O)Nc4nc(Br)ccc4C)c4cnc(-c5cnc(C)nc5)cc34)C2)C[C@@H](C(=O)Nc2nc(Br)ccc2C)N1C(=O)Cn1nc(C(=O)CCC(C)NC[C@]23C=C[C@H]2N(C(=O)Cn2nc(C(C)=O)c4cc(-c5cnc(C)nc5)cc(C)c42)[C@H](C(=O)Nc2nc(Br)ccc2C)C3)c2cc(-c3cnc(C)nc3)cc(C)c21. The number of hydrogen-bond donors (Lipinski definition) is 4. The number of hydrogen-bond acceptors (Lipinski definition) is 25. The molecule has 0 spiro atoms. The number of Topliss-reactive ketones (excluding diaryl/α,β-unsaturated/α-hetero) is 3. The van der Waals surface area contributed by atoms with Gasteiger partial charge in [-0.1, -0.05) is 42.2 Å². The van der Waals surface area contributed by atoms with Crippen LogP contribution >= 0.6 is 47.8 Å². The van der Waals surface area contributed by atoms with E-state index in [9.17, 15) is 14.4 Å². The zero-order valence-corrected chi connectivity index (χ0v) is 81.5. The Kier molecular flexibility index (Phi) is 27.2. The number of aryl methyl sites for hydroxylation is 8. The van der Waals surface area contributed by atoms with E-state index in [1.165, 1.54) is 33.2 Å². The van der Waals surface area contributed by atoms with Crippen molar-refractivity contribution in [3.8, 4) is 58.2 Å². The van der Waals surface area contributed by atoms with E-state index in [0.29, 0.717) is 159 Å². The normalized spacial score (nSPS) is 20.4. The summed E-state index contributed by atoms with van der Waals surface area (Å²) in [6, 6.07) is 14.2. The first-order valence-corrected chi connectivity index (χ1v) is 47.3. The molecule has 4 aliphatic heterocycles. The molecule has 10 aromatic heterocycles. The molecule has 14 heterocycles.